The van der Waals surface area contributed by atoms with Crippen molar-refractivity contribution in [3.8, 4) is 23.0 Å². The zero-order valence-electron chi connectivity index (χ0n) is 30.2. The molecule has 4 rings (SSSR count). The maximum absolute atomic E-state index is 14.8. The van der Waals surface area contributed by atoms with E-state index < -0.39 is 34.1 Å². The summed E-state index contributed by atoms with van der Waals surface area (Å²) in [4.78, 5) is 30.2. The molecule has 0 aliphatic carbocycles. The number of sulfonamides is 1. The second-order valence-corrected chi connectivity index (χ2v) is 14.6. The summed E-state index contributed by atoms with van der Waals surface area (Å²) in [6.07, 6.45) is 0.184. The Bertz CT molecular complexity index is 1880. The first kappa shape index (κ1) is 38.6. The van der Waals surface area contributed by atoms with Crippen LogP contribution in [0.3, 0.4) is 0 Å². The van der Waals surface area contributed by atoms with E-state index in [0.717, 1.165) is 9.87 Å². The van der Waals surface area contributed by atoms with Gasteiger partial charge in [0.15, 0.2) is 11.5 Å². The number of carbonyl (C=O) groups is 2. The topological polar surface area (TPSA) is 124 Å². The summed E-state index contributed by atoms with van der Waals surface area (Å²) < 4.78 is 51.9. The summed E-state index contributed by atoms with van der Waals surface area (Å²) in [6, 6.07) is 26.3. The lowest BCUT2D eigenvalue weighted by Gasteiger charge is -2.35. The number of benzene rings is 4. The molecule has 12 heteroatoms. The number of hydrogen-bond acceptors (Lipinski definition) is 8. The minimum absolute atomic E-state index is 0.00137. The fraction of sp³-hybridized carbons (Fsp3) is 0.333. The highest BCUT2D eigenvalue weighted by molar-refractivity contribution is 7.92. The van der Waals surface area contributed by atoms with Gasteiger partial charge in [-0.25, -0.2) is 8.42 Å². The van der Waals surface area contributed by atoms with Crippen molar-refractivity contribution in [2.45, 2.75) is 57.1 Å². The second kappa shape index (κ2) is 17.1. The molecule has 0 aromatic heterocycles. The minimum atomic E-state index is -4.39. The summed E-state index contributed by atoms with van der Waals surface area (Å²) in [5.41, 5.74) is 1.14. The third-order valence-electron chi connectivity index (χ3n) is 7.91. The van der Waals surface area contributed by atoms with Gasteiger partial charge in [0.25, 0.3) is 10.0 Å². The van der Waals surface area contributed by atoms with E-state index >= 15 is 0 Å². The van der Waals surface area contributed by atoms with Crippen molar-refractivity contribution in [3.05, 3.63) is 108 Å². The third-order valence-corrected chi connectivity index (χ3v) is 9.68. The van der Waals surface area contributed by atoms with Crippen molar-refractivity contribution in [1.82, 2.24) is 10.2 Å². The van der Waals surface area contributed by atoms with Crippen LogP contribution in [-0.2, 0) is 32.6 Å². The van der Waals surface area contributed by atoms with Gasteiger partial charge in [-0.15, -0.1) is 0 Å². The molecule has 1 N–H and O–H groups in total. The number of amides is 2. The van der Waals surface area contributed by atoms with Gasteiger partial charge in [0.1, 0.15) is 24.1 Å². The lowest BCUT2D eigenvalue weighted by molar-refractivity contribution is -0.140. The van der Waals surface area contributed by atoms with Crippen LogP contribution in [0.25, 0.3) is 0 Å². The number of methoxy groups -OCH3 is 3. The first-order valence-electron chi connectivity index (χ1n) is 16.6. The molecule has 272 valence electrons. The van der Waals surface area contributed by atoms with Gasteiger partial charge in [-0.1, -0.05) is 42.5 Å². The molecular formula is C39H47N3O8S. The van der Waals surface area contributed by atoms with E-state index in [4.69, 9.17) is 18.9 Å². The molecule has 0 saturated heterocycles. The SMILES string of the molecule is CCOc1ccc(N(CC(=O)N(Cc2cccc(OC)c2)[C@@H](Cc2ccccc2)C(=O)NC(C)(C)C)S(=O)(=O)c2ccc(OC)c(OC)c2)cc1. The van der Waals surface area contributed by atoms with Gasteiger partial charge in [0, 0.05) is 24.6 Å². The van der Waals surface area contributed by atoms with Crippen LogP contribution in [-0.4, -0.2) is 71.2 Å². The molecule has 0 radical (unpaired) electrons. The molecule has 0 bridgehead atoms. The molecule has 0 aliphatic rings. The van der Waals surface area contributed by atoms with E-state index in [1.54, 1.807) is 49.6 Å². The van der Waals surface area contributed by atoms with Crippen molar-refractivity contribution in [3.63, 3.8) is 0 Å². The quantitative estimate of drug-likeness (QED) is 0.153. The van der Waals surface area contributed by atoms with E-state index in [2.05, 4.69) is 5.32 Å². The zero-order chi connectivity index (χ0) is 37.2. The van der Waals surface area contributed by atoms with E-state index in [0.29, 0.717) is 29.4 Å². The van der Waals surface area contributed by atoms with Gasteiger partial charge in [0.05, 0.1) is 38.5 Å². The number of ether oxygens (including phenoxy) is 4. The minimum Gasteiger partial charge on any atom is -0.497 e. The van der Waals surface area contributed by atoms with E-state index in [1.807, 2.05) is 64.1 Å². The highest BCUT2D eigenvalue weighted by atomic mass is 32.2. The van der Waals surface area contributed by atoms with Crippen molar-refractivity contribution in [1.29, 1.82) is 0 Å². The number of rotatable bonds is 16. The molecule has 4 aromatic carbocycles. The normalized spacial score (nSPS) is 12.0. The number of nitrogens with one attached hydrogen (secondary N) is 1. The van der Waals surface area contributed by atoms with E-state index in [9.17, 15) is 18.0 Å². The average Bonchev–Trinajstić information content (AvgIpc) is 3.11. The highest BCUT2D eigenvalue weighted by Crippen LogP contribution is 2.33. The van der Waals surface area contributed by atoms with Crippen LogP contribution in [0.15, 0.2) is 102 Å². The molecule has 1 atom stereocenters. The van der Waals surface area contributed by atoms with Gasteiger partial charge in [-0.2, -0.15) is 0 Å². The van der Waals surface area contributed by atoms with Gasteiger partial charge >= 0.3 is 0 Å². The molecule has 0 spiro atoms. The van der Waals surface area contributed by atoms with Crippen molar-refractivity contribution < 1.29 is 37.0 Å². The smallest absolute Gasteiger partial charge is 0.264 e. The van der Waals surface area contributed by atoms with E-state index in [-0.39, 0.29) is 35.2 Å². The van der Waals surface area contributed by atoms with Crippen LogP contribution in [0, 0.1) is 0 Å². The fourth-order valence-corrected chi connectivity index (χ4v) is 6.91. The standard InChI is InChI=1S/C39H47N3O8S/c1-8-50-31-19-17-30(18-20-31)42(51(45,46)33-21-22-35(48-6)36(25-33)49-7)27-37(43)41(26-29-15-12-16-32(23-29)47-5)34(38(44)40-39(2,3)4)24-28-13-10-9-11-14-28/h9-23,25,34H,8,24,26-27H2,1-7H3,(H,40,44)/t34-/m0/s1. The third kappa shape index (κ3) is 10.2. The van der Waals surface area contributed by atoms with Crippen molar-refractivity contribution in [2.75, 3.05) is 38.8 Å². The Morgan fingerprint density at radius 3 is 2.04 bits per heavy atom. The Hall–Kier alpha value is -5.23. The van der Waals surface area contributed by atoms with Gasteiger partial charge in [-0.3, -0.25) is 13.9 Å². The summed E-state index contributed by atoms with van der Waals surface area (Å²) in [5, 5.41) is 3.04. The van der Waals surface area contributed by atoms with Crippen molar-refractivity contribution >= 4 is 27.5 Å². The molecule has 0 aliphatic heterocycles. The van der Waals surface area contributed by atoms with Gasteiger partial charge < -0.3 is 29.2 Å². The monoisotopic (exact) mass is 717 g/mol. The Morgan fingerprint density at radius 2 is 1.43 bits per heavy atom. The number of hydrogen-bond donors (Lipinski definition) is 1. The van der Waals surface area contributed by atoms with Crippen molar-refractivity contribution in [2.24, 2.45) is 0 Å². The Labute approximate surface area is 301 Å². The molecular weight excluding hydrogens is 671 g/mol. The lowest BCUT2D eigenvalue weighted by Crippen LogP contribution is -2.56. The first-order chi connectivity index (χ1) is 24.3. The molecule has 2 amide bonds. The molecule has 0 unspecified atom stereocenters. The van der Waals surface area contributed by atoms with Gasteiger partial charge in [-0.05, 0) is 87.4 Å². The maximum atomic E-state index is 14.8. The second-order valence-electron chi connectivity index (χ2n) is 12.8. The summed E-state index contributed by atoms with van der Waals surface area (Å²) in [6.45, 7) is 7.23. The molecule has 51 heavy (non-hydrogen) atoms. The predicted molar refractivity (Wildman–Crippen MR) is 197 cm³/mol. The highest BCUT2D eigenvalue weighted by Gasteiger charge is 2.36. The lowest BCUT2D eigenvalue weighted by atomic mass is 10.0. The summed E-state index contributed by atoms with van der Waals surface area (Å²) >= 11 is 0. The number of carbonyl (C=O) groups excluding carboxylic acids is 2. The largest absolute Gasteiger partial charge is 0.497 e. The Morgan fingerprint density at radius 1 is 0.765 bits per heavy atom. The predicted octanol–water partition coefficient (Wildman–Crippen LogP) is 5.86. The van der Waals surface area contributed by atoms with Crippen LogP contribution >= 0.6 is 0 Å². The van der Waals surface area contributed by atoms with Crippen LogP contribution in [0.4, 0.5) is 5.69 Å². The first-order valence-corrected chi connectivity index (χ1v) is 18.0. The number of nitrogens with zero attached hydrogens (tertiary/aromatic N) is 2. The molecule has 0 saturated carbocycles. The van der Waals surface area contributed by atoms with Crippen LogP contribution in [0.2, 0.25) is 0 Å². The maximum Gasteiger partial charge on any atom is 0.264 e. The van der Waals surface area contributed by atoms with Crippen LogP contribution in [0.1, 0.15) is 38.8 Å². The van der Waals surface area contributed by atoms with Crippen LogP contribution in [0.5, 0.6) is 23.0 Å². The molecule has 0 heterocycles. The number of anilines is 1. The fourth-order valence-electron chi connectivity index (χ4n) is 5.48. The molecule has 4 aromatic rings. The average molecular weight is 718 g/mol. The van der Waals surface area contributed by atoms with Gasteiger partial charge in [0.2, 0.25) is 11.8 Å². The summed E-state index contributed by atoms with van der Waals surface area (Å²) in [5.74, 6) is 0.693. The summed E-state index contributed by atoms with van der Waals surface area (Å²) in [7, 11) is 0.0173. The molecule has 11 nitrogen and oxygen atoms in total. The Kier molecular flexibility index (Phi) is 13.0. The van der Waals surface area contributed by atoms with Crippen LogP contribution < -0.4 is 28.6 Å². The zero-order valence-corrected chi connectivity index (χ0v) is 31.0. The van der Waals surface area contributed by atoms with E-state index in [1.165, 1.54) is 37.3 Å². The molecule has 0 fully saturated rings. The Balaban J connectivity index is 1.86.